The minimum absolute atomic E-state index is 0.244. The Bertz CT molecular complexity index is 1510. The number of hydrogen-bond donors (Lipinski definition) is 1. The van der Waals surface area contributed by atoms with Crippen molar-refractivity contribution in [3.8, 4) is 12.1 Å². The number of anilines is 2. The van der Waals surface area contributed by atoms with E-state index < -0.39 is 28.1 Å². The summed E-state index contributed by atoms with van der Waals surface area (Å²) < 4.78 is 0.682. The predicted molar refractivity (Wildman–Crippen MR) is 129 cm³/mol. The van der Waals surface area contributed by atoms with E-state index in [0.717, 1.165) is 5.56 Å². The van der Waals surface area contributed by atoms with Crippen LogP contribution >= 0.6 is 27.5 Å². The number of nitrogens with one attached hydrogen (secondary N) is 1. The molecule has 2 spiro atoms. The van der Waals surface area contributed by atoms with Crippen LogP contribution in [-0.4, -0.2) is 11.8 Å². The van der Waals surface area contributed by atoms with Gasteiger partial charge in [-0.25, -0.2) is 0 Å². The summed E-state index contributed by atoms with van der Waals surface area (Å²) in [6.07, 6.45) is 0. The van der Waals surface area contributed by atoms with Gasteiger partial charge in [0.25, 0.3) is 0 Å². The average molecular weight is 530 g/mol. The van der Waals surface area contributed by atoms with Crippen LogP contribution in [-0.2, 0) is 27.0 Å². The van der Waals surface area contributed by atoms with Gasteiger partial charge in [0, 0.05) is 20.9 Å². The van der Waals surface area contributed by atoms with Crippen LogP contribution in [0.1, 0.15) is 16.7 Å². The van der Waals surface area contributed by atoms with Gasteiger partial charge in [0.15, 0.2) is 5.41 Å². The van der Waals surface area contributed by atoms with Gasteiger partial charge >= 0.3 is 0 Å². The second-order valence-electron chi connectivity index (χ2n) is 8.66. The molecule has 0 unspecified atom stereocenters. The third-order valence-electron chi connectivity index (χ3n) is 7.34. The molecule has 3 aromatic carbocycles. The topological polar surface area (TPSA) is 97.0 Å². The summed E-state index contributed by atoms with van der Waals surface area (Å²) in [5.41, 5.74) is -2.51. The van der Waals surface area contributed by atoms with Gasteiger partial charge in [0.1, 0.15) is 10.8 Å². The Labute approximate surface area is 208 Å². The first-order chi connectivity index (χ1) is 16.4. The molecule has 0 saturated heterocycles. The fourth-order valence-electron chi connectivity index (χ4n) is 6.07. The summed E-state index contributed by atoms with van der Waals surface area (Å²) in [5, 5.41) is 24.1. The van der Waals surface area contributed by atoms with Crippen LogP contribution in [0.15, 0.2) is 71.2 Å². The van der Waals surface area contributed by atoms with E-state index in [9.17, 15) is 20.1 Å². The highest BCUT2D eigenvalue weighted by Crippen LogP contribution is 2.83. The second kappa shape index (κ2) is 6.70. The Hall–Kier alpha value is -3.65. The van der Waals surface area contributed by atoms with Crippen LogP contribution in [0, 0.1) is 28.1 Å². The molecule has 2 atom stereocenters. The summed E-state index contributed by atoms with van der Waals surface area (Å²) in [5.74, 6) is -0.987. The molecule has 6 nitrogen and oxygen atoms in total. The minimum Gasteiger partial charge on any atom is -0.325 e. The molecule has 1 aliphatic carbocycles. The molecule has 2 aliphatic heterocycles. The van der Waals surface area contributed by atoms with E-state index in [2.05, 4.69) is 33.4 Å². The van der Waals surface area contributed by atoms with Crippen LogP contribution in [0.3, 0.4) is 0 Å². The SMILES string of the molecule is N#CC1(C#N)[C@@]2(C(=O)Nc3cc(Cl)ccc32)[C@]12C(=O)N(Cc1ccccc1)c1ccc(Br)cc12. The highest BCUT2D eigenvalue weighted by molar-refractivity contribution is 9.10. The van der Waals surface area contributed by atoms with Crippen LogP contribution < -0.4 is 10.2 Å². The molecule has 3 aliphatic rings. The number of halogens is 2. The van der Waals surface area contributed by atoms with Crippen molar-refractivity contribution in [2.24, 2.45) is 5.41 Å². The van der Waals surface area contributed by atoms with Crippen molar-refractivity contribution in [3.05, 3.63) is 92.9 Å². The van der Waals surface area contributed by atoms with E-state index in [0.29, 0.717) is 32.0 Å². The average Bonchev–Trinajstić information content (AvgIpc) is 3.16. The summed E-state index contributed by atoms with van der Waals surface area (Å²) in [6, 6.07) is 23.8. The standard InChI is InChI=1S/C26H14BrClN4O2/c27-16-6-9-21-19(10-16)26(23(34)32(21)12-15-4-2-1-3-5-15)24(13-29,14-30)25(26)18-8-7-17(28)11-20(18)31-22(25)33/h1-11H,12H2,(H,31,33)/t25-,26-/m1/s1. The molecule has 6 rings (SSSR count). The molecule has 2 amide bonds. The molecule has 0 radical (unpaired) electrons. The first kappa shape index (κ1) is 20.9. The monoisotopic (exact) mass is 528 g/mol. The highest BCUT2D eigenvalue weighted by Gasteiger charge is 3.00. The lowest BCUT2D eigenvalue weighted by molar-refractivity contribution is -0.124. The number of fused-ring (bicyclic) bond motifs is 5. The summed E-state index contributed by atoms with van der Waals surface area (Å²) in [4.78, 5) is 29.6. The van der Waals surface area contributed by atoms with Crippen molar-refractivity contribution < 1.29 is 9.59 Å². The lowest BCUT2D eigenvalue weighted by Crippen LogP contribution is -2.38. The van der Waals surface area contributed by atoms with Crippen LogP contribution in [0.25, 0.3) is 0 Å². The summed E-state index contributed by atoms with van der Waals surface area (Å²) in [6.45, 7) is 0.244. The first-order valence-corrected chi connectivity index (χ1v) is 11.7. The summed E-state index contributed by atoms with van der Waals surface area (Å²) >= 11 is 9.63. The first-order valence-electron chi connectivity index (χ1n) is 10.5. The zero-order valence-corrected chi connectivity index (χ0v) is 19.8. The quantitative estimate of drug-likeness (QED) is 0.514. The van der Waals surface area contributed by atoms with Crippen molar-refractivity contribution in [3.63, 3.8) is 0 Å². The second-order valence-corrected chi connectivity index (χ2v) is 10.0. The number of carbonyl (C=O) groups is 2. The molecule has 2 heterocycles. The number of benzene rings is 3. The normalized spacial score (nSPS) is 25.0. The van der Waals surface area contributed by atoms with E-state index in [-0.39, 0.29) is 6.54 Å². The number of hydrogen-bond acceptors (Lipinski definition) is 4. The maximum Gasteiger partial charge on any atom is 0.242 e. The van der Waals surface area contributed by atoms with E-state index in [4.69, 9.17) is 11.6 Å². The lowest BCUT2D eigenvalue weighted by Gasteiger charge is -2.19. The third kappa shape index (κ3) is 2.06. The maximum absolute atomic E-state index is 14.4. The molecular weight excluding hydrogens is 516 g/mol. The summed E-state index contributed by atoms with van der Waals surface area (Å²) in [7, 11) is 0. The molecule has 3 aromatic rings. The van der Waals surface area contributed by atoms with Gasteiger partial charge < -0.3 is 10.2 Å². The molecule has 164 valence electrons. The predicted octanol–water partition coefficient (Wildman–Crippen LogP) is 4.82. The van der Waals surface area contributed by atoms with E-state index >= 15 is 0 Å². The number of carbonyl (C=O) groups excluding carboxylic acids is 2. The Morgan fingerprint density at radius 2 is 1.68 bits per heavy atom. The fourth-order valence-corrected chi connectivity index (χ4v) is 6.60. The number of rotatable bonds is 2. The van der Waals surface area contributed by atoms with Gasteiger partial charge in [-0.05, 0) is 47.0 Å². The molecule has 0 bridgehead atoms. The Morgan fingerprint density at radius 1 is 0.941 bits per heavy atom. The molecule has 0 aromatic heterocycles. The largest absolute Gasteiger partial charge is 0.325 e. The number of nitriles is 2. The Balaban J connectivity index is 1.66. The highest BCUT2D eigenvalue weighted by atomic mass is 79.9. The Kier molecular flexibility index (Phi) is 4.12. The molecular formula is C26H14BrClN4O2. The molecule has 1 N–H and O–H groups in total. The van der Waals surface area contributed by atoms with Crippen LogP contribution in [0.5, 0.6) is 0 Å². The van der Waals surface area contributed by atoms with Gasteiger partial charge in [-0.3, -0.25) is 9.59 Å². The van der Waals surface area contributed by atoms with Gasteiger partial charge in [-0.15, -0.1) is 0 Å². The molecule has 1 saturated carbocycles. The van der Waals surface area contributed by atoms with Crippen molar-refractivity contribution >= 4 is 50.7 Å². The number of amides is 2. The van der Waals surface area contributed by atoms with Gasteiger partial charge in [0.2, 0.25) is 11.8 Å². The van der Waals surface area contributed by atoms with Gasteiger partial charge in [0.05, 0.1) is 18.7 Å². The zero-order chi connectivity index (χ0) is 23.9. The zero-order valence-electron chi connectivity index (χ0n) is 17.5. The molecule has 8 heteroatoms. The Morgan fingerprint density at radius 3 is 2.38 bits per heavy atom. The molecule has 1 fully saturated rings. The van der Waals surface area contributed by atoms with Gasteiger partial charge in [-0.2, -0.15) is 10.5 Å². The minimum atomic E-state index is -1.93. The lowest BCUT2D eigenvalue weighted by atomic mass is 9.83. The van der Waals surface area contributed by atoms with Crippen LogP contribution in [0.4, 0.5) is 11.4 Å². The van der Waals surface area contributed by atoms with Crippen molar-refractivity contribution in [2.45, 2.75) is 17.4 Å². The van der Waals surface area contributed by atoms with E-state index in [1.807, 2.05) is 30.3 Å². The van der Waals surface area contributed by atoms with Crippen molar-refractivity contribution in [1.29, 1.82) is 10.5 Å². The van der Waals surface area contributed by atoms with Crippen molar-refractivity contribution in [2.75, 3.05) is 10.2 Å². The van der Waals surface area contributed by atoms with Crippen LogP contribution in [0.2, 0.25) is 5.02 Å². The number of nitrogens with zero attached hydrogens (tertiary/aromatic N) is 3. The van der Waals surface area contributed by atoms with Crippen molar-refractivity contribution in [1.82, 2.24) is 0 Å². The smallest absolute Gasteiger partial charge is 0.242 e. The van der Waals surface area contributed by atoms with E-state index in [1.54, 1.807) is 41.3 Å². The van der Waals surface area contributed by atoms with E-state index in [1.165, 1.54) is 0 Å². The molecule has 34 heavy (non-hydrogen) atoms. The third-order valence-corrected chi connectivity index (χ3v) is 8.07. The van der Waals surface area contributed by atoms with Gasteiger partial charge in [-0.1, -0.05) is 63.9 Å². The fraction of sp³-hybridized carbons (Fsp3) is 0.154. The maximum atomic E-state index is 14.4.